The molecule has 0 aromatic heterocycles. The van der Waals surface area contributed by atoms with Crippen molar-refractivity contribution in [3.8, 4) is 0 Å². The topological polar surface area (TPSA) is 98.8 Å². The molecule has 44 heavy (non-hydrogen) atoms. The normalized spacial score (nSPS) is 18.9. The van der Waals surface area contributed by atoms with Crippen molar-refractivity contribution >= 4 is 23.4 Å². The number of amides is 2. The summed E-state index contributed by atoms with van der Waals surface area (Å²) in [5, 5.41) is 7.23. The lowest BCUT2D eigenvalue weighted by Gasteiger charge is -2.37. The Kier molecular flexibility index (Phi) is 12.4. The zero-order valence-corrected chi connectivity index (χ0v) is 29.4. The number of Topliss-reactive ketones (excluding diaryl/α,β-unsaturated/α-hetero) is 2. The summed E-state index contributed by atoms with van der Waals surface area (Å²) in [7, 11) is 0. The second-order valence-electron chi connectivity index (χ2n) is 14.4. The Hall–Kier alpha value is -3.16. The highest BCUT2D eigenvalue weighted by molar-refractivity contribution is 6.04. The van der Waals surface area contributed by atoms with Gasteiger partial charge in [-0.15, -0.1) is 0 Å². The first kappa shape index (κ1) is 37.0. The summed E-state index contributed by atoms with van der Waals surface area (Å²) in [6.07, 6.45) is 9.57. The summed E-state index contributed by atoms with van der Waals surface area (Å²) in [6.45, 7) is 26.3. The third kappa shape index (κ3) is 9.67. The monoisotopic (exact) mass is 610 g/mol. The van der Waals surface area contributed by atoms with E-state index in [4.69, 9.17) is 0 Å². The van der Waals surface area contributed by atoms with Crippen molar-refractivity contribution < 1.29 is 19.2 Å². The summed E-state index contributed by atoms with van der Waals surface area (Å²) in [6, 6.07) is 0. The third-order valence-corrected chi connectivity index (χ3v) is 8.51. The maximum Gasteiger partial charge on any atom is 0.237 e. The van der Waals surface area contributed by atoms with Crippen LogP contribution in [0.15, 0.2) is 46.8 Å². The molecule has 2 unspecified atom stereocenters. The molecule has 8 heteroatoms. The van der Waals surface area contributed by atoms with Gasteiger partial charge in [0, 0.05) is 49.7 Å². The minimum Gasteiger partial charge on any atom is -0.383 e. The van der Waals surface area contributed by atoms with Crippen LogP contribution in [0.1, 0.15) is 95.9 Å². The summed E-state index contributed by atoms with van der Waals surface area (Å²) in [4.78, 5) is 55.7. The number of carbonyl (C=O) groups excluding carboxylic acids is 4. The number of hydrogen-bond acceptors (Lipinski definition) is 6. The lowest BCUT2D eigenvalue weighted by molar-refractivity contribution is -0.140. The maximum absolute atomic E-state index is 13.4. The predicted molar refractivity (Wildman–Crippen MR) is 179 cm³/mol. The van der Waals surface area contributed by atoms with E-state index in [-0.39, 0.29) is 34.2 Å². The molecule has 2 rings (SSSR count). The Morgan fingerprint density at radius 1 is 0.727 bits per heavy atom. The van der Waals surface area contributed by atoms with E-state index in [0.29, 0.717) is 45.6 Å². The van der Waals surface area contributed by atoms with Gasteiger partial charge in [-0.05, 0) is 102 Å². The summed E-state index contributed by atoms with van der Waals surface area (Å²) in [5.74, 6) is -2.10. The van der Waals surface area contributed by atoms with Gasteiger partial charge in [-0.3, -0.25) is 19.2 Å². The average molecular weight is 611 g/mol. The van der Waals surface area contributed by atoms with E-state index in [1.54, 1.807) is 9.80 Å². The summed E-state index contributed by atoms with van der Waals surface area (Å²) < 4.78 is 0. The van der Waals surface area contributed by atoms with E-state index < -0.39 is 17.4 Å². The van der Waals surface area contributed by atoms with Crippen LogP contribution in [0.5, 0.6) is 0 Å². The van der Waals surface area contributed by atoms with Crippen molar-refractivity contribution in [2.75, 3.05) is 32.7 Å². The molecule has 246 valence electrons. The zero-order valence-electron chi connectivity index (χ0n) is 29.4. The first-order valence-electron chi connectivity index (χ1n) is 16.3. The molecule has 0 aliphatic heterocycles. The number of rotatable bonds is 15. The van der Waals surface area contributed by atoms with Crippen LogP contribution < -0.4 is 10.6 Å². The number of carbonyl (C=O) groups is 4. The smallest absolute Gasteiger partial charge is 0.237 e. The van der Waals surface area contributed by atoms with Crippen molar-refractivity contribution in [1.82, 2.24) is 20.4 Å². The number of nitrogens with one attached hydrogen (secondary N) is 2. The van der Waals surface area contributed by atoms with Crippen LogP contribution in [0.25, 0.3) is 0 Å². The van der Waals surface area contributed by atoms with E-state index in [1.807, 2.05) is 39.8 Å². The standard InChI is InChI=1S/C36H58N4O4/c1-13-39(14-2)32(43)30(24(5)41)26-17-28(21-34(7,8)19-26)37-23-36(11,12)38-29-18-27(20-35(9,10)22-29)31(25(6)42)33(44)40(15-3)16-4/h17-18,21-22,30-31,37-38H,13-16,19-20,23H2,1-12H3. The van der Waals surface area contributed by atoms with E-state index >= 15 is 0 Å². The molecule has 2 amide bonds. The molecule has 0 saturated heterocycles. The Balaban J connectivity index is 2.33. The molecule has 0 spiro atoms. The molecule has 0 fully saturated rings. The van der Waals surface area contributed by atoms with Gasteiger partial charge < -0.3 is 20.4 Å². The van der Waals surface area contributed by atoms with E-state index in [9.17, 15) is 19.2 Å². The van der Waals surface area contributed by atoms with Gasteiger partial charge in [-0.1, -0.05) is 39.8 Å². The van der Waals surface area contributed by atoms with Crippen LogP contribution in [0, 0.1) is 22.7 Å². The van der Waals surface area contributed by atoms with Crippen LogP contribution >= 0.6 is 0 Å². The van der Waals surface area contributed by atoms with Gasteiger partial charge in [0.15, 0.2) is 0 Å². The van der Waals surface area contributed by atoms with Gasteiger partial charge in [-0.2, -0.15) is 0 Å². The molecule has 0 saturated carbocycles. The highest BCUT2D eigenvalue weighted by Gasteiger charge is 2.37. The lowest BCUT2D eigenvalue weighted by atomic mass is 9.75. The molecule has 0 radical (unpaired) electrons. The van der Waals surface area contributed by atoms with E-state index in [1.165, 1.54) is 13.8 Å². The lowest BCUT2D eigenvalue weighted by Crippen LogP contribution is -2.48. The number of hydrogen-bond donors (Lipinski definition) is 2. The minimum atomic E-state index is -0.785. The van der Waals surface area contributed by atoms with Crippen molar-refractivity contribution in [3.63, 3.8) is 0 Å². The molecule has 2 aliphatic carbocycles. The van der Waals surface area contributed by atoms with Crippen molar-refractivity contribution in [1.29, 1.82) is 0 Å². The largest absolute Gasteiger partial charge is 0.383 e. The molecule has 2 atom stereocenters. The first-order chi connectivity index (χ1) is 20.3. The third-order valence-electron chi connectivity index (χ3n) is 8.51. The fraction of sp³-hybridized carbons (Fsp3) is 0.667. The van der Waals surface area contributed by atoms with Crippen LogP contribution in [-0.4, -0.2) is 71.4 Å². The van der Waals surface area contributed by atoms with Gasteiger partial charge in [-0.25, -0.2) is 0 Å². The number of nitrogens with zero attached hydrogens (tertiary/aromatic N) is 2. The molecule has 2 aliphatic rings. The molecule has 0 bridgehead atoms. The first-order valence-corrected chi connectivity index (χ1v) is 16.3. The van der Waals surface area contributed by atoms with Crippen LogP contribution in [-0.2, 0) is 19.2 Å². The van der Waals surface area contributed by atoms with Crippen LogP contribution in [0.3, 0.4) is 0 Å². The predicted octanol–water partition coefficient (Wildman–Crippen LogP) is 5.57. The zero-order chi connectivity index (χ0) is 33.6. The van der Waals surface area contributed by atoms with Gasteiger partial charge >= 0.3 is 0 Å². The number of ketones is 2. The molecular formula is C36H58N4O4. The molecular weight excluding hydrogens is 552 g/mol. The van der Waals surface area contributed by atoms with E-state index in [2.05, 4.69) is 64.3 Å². The highest BCUT2D eigenvalue weighted by Crippen LogP contribution is 2.38. The quantitative estimate of drug-likeness (QED) is 0.235. The fourth-order valence-electron chi connectivity index (χ4n) is 6.51. The SMILES string of the molecule is CCN(CC)C(=O)C(C(C)=O)C1=CC(NCC(C)(C)NC2=CC(C)(C)CC(C(C(C)=O)C(=O)N(CC)CC)=C2)=CC(C)(C)C1. The molecule has 8 nitrogen and oxygen atoms in total. The maximum atomic E-state index is 13.4. The minimum absolute atomic E-state index is 0.134. The highest BCUT2D eigenvalue weighted by atomic mass is 16.2. The van der Waals surface area contributed by atoms with Gasteiger partial charge in [0.25, 0.3) is 0 Å². The molecule has 2 N–H and O–H groups in total. The Bertz CT molecular complexity index is 1230. The average Bonchev–Trinajstić information content (AvgIpc) is 2.86. The Labute approximate surface area is 266 Å². The van der Waals surface area contributed by atoms with Crippen LogP contribution in [0.4, 0.5) is 0 Å². The Morgan fingerprint density at radius 3 is 1.45 bits per heavy atom. The molecule has 0 aromatic rings. The Morgan fingerprint density at radius 2 is 1.09 bits per heavy atom. The number of allylic oxidation sites excluding steroid dienone is 4. The second-order valence-corrected chi connectivity index (χ2v) is 14.4. The van der Waals surface area contributed by atoms with Crippen molar-refractivity contribution in [3.05, 3.63) is 46.8 Å². The fourth-order valence-corrected chi connectivity index (χ4v) is 6.51. The van der Waals surface area contributed by atoms with E-state index in [0.717, 1.165) is 22.5 Å². The van der Waals surface area contributed by atoms with Gasteiger partial charge in [0.1, 0.15) is 23.4 Å². The van der Waals surface area contributed by atoms with Gasteiger partial charge in [0.2, 0.25) is 11.8 Å². The molecule has 0 aromatic carbocycles. The summed E-state index contributed by atoms with van der Waals surface area (Å²) in [5.41, 5.74) is 2.58. The van der Waals surface area contributed by atoms with Gasteiger partial charge in [0.05, 0.1) is 0 Å². The summed E-state index contributed by atoms with van der Waals surface area (Å²) >= 11 is 0. The molecule has 0 heterocycles. The van der Waals surface area contributed by atoms with Crippen molar-refractivity contribution in [2.24, 2.45) is 22.7 Å². The van der Waals surface area contributed by atoms with Crippen LogP contribution in [0.2, 0.25) is 0 Å². The van der Waals surface area contributed by atoms with Crippen molar-refractivity contribution in [2.45, 2.75) is 101 Å². The second kappa shape index (κ2) is 14.7.